The standard InChI is InChI=1S/C15H17N3O2/c1-20-13-4-2-11(3-5-13)14-8-15(19)18(10-17-14)12-6-7-16-9-12/h2-5,8,10,12,16H,6-7,9H2,1H3. The maximum atomic E-state index is 12.2. The van der Waals surface area contributed by atoms with Gasteiger partial charge in [0.1, 0.15) is 5.75 Å². The molecule has 5 heteroatoms. The summed E-state index contributed by atoms with van der Waals surface area (Å²) in [4.78, 5) is 16.6. The molecule has 0 spiro atoms. The Morgan fingerprint density at radius 1 is 1.35 bits per heavy atom. The second-order valence-corrected chi connectivity index (χ2v) is 4.89. The lowest BCUT2D eigenvalue weighted by Gasteiger charge is -2.12. The number of rotatable bonds is 3. The van der Waals surface area contributed by atoms with Gasteiger partial charge >= 0.3 is 0 Å². The Morgan fingerprint density at radius 2 is 2.15 bits per heavy atom. The molecule has 1 atom stereocenters. The number of ether oxygens (including phenoxy) is 1. The summed E-state index contributed by atoms with van der Waals surface area (Å²) in [5.41, 5.74) is 1.61. The van der Waals surface area contributed by atoms with Crippen molar-refractivity contribution in [2.45, 2.75) is 12.5 Å². The van der Waals surface area contributed by atoms with Crippen molar-refractivity contribution >= 4 is 0 Å². The Bertz CT molecular complexity index is 643. The summed E-state index contributed by atoms with van der Waals surface area (Å²) in [6.07, 6.45) is 2.63. The van der Waals surface area contributed by atoms with Crippen molar-refractivity contribution in [3.8, 4) is 17.0 Å². The Hall–Kier alpha value is -2.14. The van der Waals surface area contributed by atoms with Gasteiger partial charge < -0.3 is 10.1 Å². The van der Waals surface area contributed by atoms with Gasteiger partial charge in [-0.15, -0.1) is 0 Å². The average molecular weight is 271 g/mol. The lowest BCUT2D eigenvalue weighted by molar-refractivity contribution is 0.415. The van der Waals surface area contributed by atoms with Gasteiger partial charge in [-0.05, 0) is 37.2 Å². The molecule has 1 aromatic heterocycles. The second-order valence-electron chi connectivity index (χ2n) is 4.89. The minimum absolute atomic E-state index is 0.000446. The summed E-state index contributed by atoms with van der Waals surface area (Å²) in [5, 5.41) is 3.26. The highest BCUT2D eigenvalue weighted by Crippen LogP contribution is 2.20. The number of aromatic nitrogens is 2. The molecule has 1 aliphatic heterocycles. The molecule has 0 bridgehead atoms. The summed E-state index contributed by atoms with van der Waals surface area (Å²) in [6.45, 7) is 1.79. The van der Waals surface area contributed by atoms with Gasteiger partial charge in [-0.1, -0.05) is 0 Å². The first kappa shape index (κ1) is 12.9. The van der Waals surface area contributed by atoms with Crippen LogP contribution in [0.15, 0.2) is 41.5 Å². The topological polar surface area (TPSA) is 56.1 Å². The lowest BCUT2D eigenvalue weighted by atomic mass is 10.1. The molecule has 0 aliphatic carbocycles. The highest BCUT2D eigenvalue weighted by Gasteiger charge is 2.17. The Morgan fingerprint density at radius 3 is 2.75 bits per heavy atom. The number of benzene rings is 1. The van der Waals surface area contributed by atoms with Crippen molar-refractivity contribution in [3.05, 3.63) is 47.0 Å². The third-order valence-corrected chi connectivity index (χ3v) is 3.65. The molecule has 0 radical (unpaired) electrons. The Balaban J connectivity index is 1.90. The van der Waals surface area contributed by atoms with E-state index in [1.807, 2.05) is 24.3 Å². The monoisotopic (exact) mass is 271 g/mol. The van der Waals surface area contributed by atoms with E-state index in [0.717, 1.165) is 30.8 Å². The SMILES string of the molecule is COc1ccc(-c2cc(=O)n(C3CCNC3)cn2)cc1. The molecule has 1 N–H and O–H groups in total. The molecule has 20 heavy (non-hydrogen) atoms. The molecule has 2 aromatic rings. The zero-order valence-corrected chi connectivity index (χ0v) is 11.4. The summed E-state index contributed by atoms with van der Waals surface area (Å²) < 4.78 is 6.84. The van der Waals surface area contributed by atoms with Crippen LogP contribution in [0.1, 0.15) is 12.5 Å². The number of hydrogen-bond acceptors (Lipinski definition) is 4. The van der Waals surface area contributed by atoms with E-state index in [9.17, 15) is 4.79 Å². The summed E-state index contributed by atoms with van der Waals surface area (Å²) in [6, 6.07) is 9.36. The Labute approximate surface area is 117 Å². The smallest absolute Gasteiger partial charge is 0.254 e. The van der Waals surface area contributed by atoms with E-state index in [-0.39, 0.29) is 11.6 Å². The minimum atomic E-state index is -0.000446. The van der Waals surface area contributed by atoms with E-state index in [1.54, 1.807) is 24.1 Å². The van der Waals surface area contributed by atoms with Crippen molar-refractivity contribution < 1.29 is 4.74 Å². The molecule has 1 aliphatic rings. The lowest BCUT2D eigenvalue weighted by Crippen LogP contribution is -2.26. The molecule has 0 amide bonds. The van der Waals surface area contributed by atoms with Gasteiger partial charge in [-0.25, -0.2) is 4.98 Å². The second kappa shape index (κ2) is 5.46. The Kier molecular flexibility index (Phi) is 3.52. The van der Waals surface area contributed by atoms with Gasteiger partial charge in [0.15, 0.2) is 0 Å². The van der Waals surface area contributed by atoms with Crippen LogP contribution in [0.5, 0.6) is 5.75 Å². The zero-order chi connectivity index (χ0) is 13.9. The van der Waals surface area contributed by atoms with Gasteiger partial charge in [0, 0.05) is 18.2 Å². The van der Waals surface area contributed by atoms with Crippen molar-refractivity contribution in [1.29, 1.82) is 0 Å². The van der Waals surface area contributed by atoms with Crippen LogP contribution >= 0.6 is 0 Å². The molecule has 104 valence electrons. The largest absolute Gasteiger partial charge is 0.497 e. The first-order valence-electron chi connectivity index (χ1n) is 6.71. The predicted octanol–water partition coefficient (Wildman–Crippen LogP) is 1.45. The number of hydrogen-bond donors (Lipinski definition) is 1. The van der Waals surface area contributed by atoms with E-state index < -0.39 is 0 Å². The third kappa shape index (κ3) is 2.44. The molecular weight excluding hydrogens is 254 g/mol. The van der Waals surface area contributed by atoms with Gasteiger partial charge in [0.25, 0.3) is 5.56 Å². The number of nitrogens with one attached hydrogen (secondary N) is 1. The maximum Gasteiger partial charge on any atom is 0.254 e. The molecular formula is C15H17N3O2. The van der Waals surface area contributed by atoms with Crippen LogP contribution in [0, 0.1) is 0 Å². The van der Waals surface area contributed by atoms with E-state index in [4.69, 9.17) is 4.74 Å². The molecule has 1 fully saturated rings. The highest BCUT2D eigenvalue weighted by atomic mass is 16.5. The van der Waals surface area contributed by atoms with Crippen LogP contribution in [0.2, 0.25) is 0 Å². The van der Waals surface area contributed by atoms with E-state index >= 15 is 0 Å². The number of methoxy groups -OCH3 is 1. The fourth-order valence-corrected chi connectivity index (χ4v) is 2.48. The van der Waals surface area contributed by atoms with E-state index in [0.29, 0.717) is 5.69 Å². The first-order chi connectivity index (χ1) is 9.78. The first-order valence-corrected chi connectivity index (χ1v) is 6.71. The molecule has 2 heterocycles. The fraction of sp³-hybridized carbons (Fsp3) is 0.333. The van der Waals surface area contributed by atoms with Gasteiger partial charge in [0.05, 0.1) is 25.2 Å². The van der Waals surface area contributed by atoms with Crippen molar-refractivity contribution in [2.75, 3.05) is 20.2 Å². The summed E-state index contributed by atoms with van der Waals surface area (Å²) in [7, 11) is 1.63. The quantitative estimate of drug-likeness (QED) is 0.918. The van der Waals surface area contributed by atoms with Crippen LogP contribution < -0.4 is 15.6 Å². The predicted molar refractivity (Wildman–Crippen MR) is 77.0 cm³/mol. The van der Waals surface area contributed by atoms with E-state index in [2.05, 4.69) is 10.3 Å². The normalized spacial score (nSPS) is 18.1. The van der Waals surface area contributed by atoms with Crippen LogP contribution in [-0.2, 0) is 0 Å². The van der Waals surface area contributed by atoms with Crippen LogP contribution in [-0.4, -0.2) is 29.8 Å². The zero-order valence-electron chi connectivity index (χ0n) is 11.4. The number of nitrogens with zero attached hydrogens (tertiary/aromatic N) is 2. The maximum absolute atomic E-state index is 12.2. The summed E-state index contributed by atoms with van der Waals surface area (Å²) in [5.74, 6) is 0.791. The summed E-state index contributed by atoms with van der Waals surface area (Å²) >= 11 is 0. The molecule has 0 saturated carbocycles. The van der Waals surface area contributed by atoms with Crippen molar-refractivity contribution in [2.24, 2.45) is 0 Å². The molecule has 1 aromatic carbocycles. The highest BCUT2D eigenvalue weighted by molar-refractivity contribution is 5.59. The van der Waals surface area contributed by atoms with E-state index in [1.165, 1.54) is 0 Å². The molecule has 3 rings (SSSR count). The molecule has 5 nitrogen and oxygen atoms in total. The van der Waals surface area contributed by atoms with Gasteiger partial charge in [-0.3, -0.25) is 9.36 Å². The van der Waals surface area contributed by atoms with Crippen LogP contribution in [0.25, 0.3) is 11.3 Å². The van der Waals surface area contributed by atoms with Crippen LogP contribution in [0.3, 0.4) is 0 Å². The molecule has 1 unspecified atom stereocenters. The van der Waals surface area contributed by atoms with Crippen molar-refractivity contribution in [1.82, 2.24) is 14.9 Å². The fourth-order valence-electron chi connectivity index (χ4n) is 2.48. The van der Waals surface area contributed by atoms with Gasteiger partial charge in [0.2, 0.25) is 0 Å². The third-order valence-electron chi connectivity index (χ3n) is 3.65. The van der Waals surface area contributed by atoms with Crippen molar-refractivity contribution in [3.63, 3.8) is 0 Å². The average Bonchev–Trinajstić information content (AvgIpc) is 3.01. The minimum Gasteiger partial charge on any atom is -0.497 e. The molecule has 1 saturated heterocycles. The van der Waals surface area contributed by atoms with Crippen LogP contribution in [0.4, 0.5) is 0 Å². The van der Waals surface area contributed by atoms with Gasteiger partial charge in [-0.2, -0.15) is 0 Å².